The van der Waals surface area contributed by atoms with Crippen LogP contribution in [0.25, 0.3) is 0 Å². The van der Waals surface area contributed by atoms with Crippen molar-refractivity contribution in [3.63, 3.8) is 0 Å². The second kappa shape index (κ2) is 11.7. The predicted octanol–water partition coefficient (Wildman–Crippen LogP) is 4.69. The average Bonchev–Trinajstić information content (AvgIpc) is 3.24. The normalized spacial score (nSPS) is 17.0. The number of carbonyl (C=O) groups excluding carboxylic acids is 3. The van der Waals surface area contributed by atoms with E-state index in [1.54, 1.807) is 0 Å². The lowest BCUT2D eigenvalue weighted by molar-refractivity contribution is -0.139. The molecule has 166 valence electrons. The zero-order chi connectivity index (χ0) is 22.0. The molecule has 0 unspecified atom stereocenters. The molecular weight excluding hydrogens is 380 g/mol. The summed E-state index contributed by atoms with van der Waals surface area (Å²) in [5.74, 6) is -1.32. The summed E-state index contributed by atoms with van der Waals surface area (Å²) in [5.41, 5.74) is 0.973. The third-order valence-electron chi connectivity index (χ3n) is 6.25. The topological polar surface area (TPSA) is 84.5 Å². The first-order valence-electron chi connectivity index (χ1n) is 11.2. The molecular formula is C24H36N2O4. The molecule has 0 aliphatic heterocycles. The van der Waals surface area contributed by atoms with E-state index in [1.165, 1.54) is 0 Å². The number of hydrogen-bond donors (Lipinski definition) is 2. The molecule has 6 heteroatoms. The van der Waals surface area contributed by atoms with Crippen LogP contribution in [0.2, 0.25) is 0 Å². The maximum Gasteiger partial charge on any atom is 0.407 e. The van der Waals surface area contributed by atoms with Crippen LogP contribution in [0.15, 0.2) is 30.3 Å². The highest BCUT2D eigenvalue weighted by Crippen LogP contribution is 2.41. The fraction of sp³-hybridized carbons (Fsp3) is 0.625. The molecule has 0 bridgehead atoms. The molecule has 6 nitrogen and oxygen atoms in total. The molecule has 1 aliphatic carbocycles. The van der Waals surface area contributed by atoms with E-state index in [0.29, 0.717) is 13.0 Å². The summed E-state index contributed by atoms with van der Waals surface area (Å²) in [6, 6.07) is 8.28. The number of alkyl carbamates (subject to hydrolysis) is 1. The number of carbonyl (C=O) groups is 3. The Kier molecular flexibility index (Phi) is 9.34. The second-order valence-electron chi connectivity index (χ2n) is 8.45. The highest BCUT2D eigenvalue weighted by atomic mass is 16.5. The molecule has 0 spiro atoms. The summed E-state index contributed by atoms with van der Waals surface area (Å²) >= 11 is 0. The third-order valence-corrected chi connectivity index (χ3v) is 6.25. The van der Waals surface area contributed by atoms with Gasteiger partial charge in [0.15, 0.2) is 0 Å². The quantitative estimate of drug-likeness (QED) is 0.513. The van der Waals surface area contributed by atoms with Crippen LogP contribution in [0.5, 0.6) is 0 Å². The van der Waals surface area contributed by atoms with Gasteiger partial charge in [-0.15, -0.1) is 0 Å². The number of Topliss-reactive ketones (excluding diaryl/α,β-unsaturated/α-hetero) is 1. The molecule has 1 saturated carbocycles. The molecule has 0 aromatic heterocycles. The minimum absolute atomic E-state index is 0.0583. The molecule has 2 rings (SSSR count). The minimum atomic E-state index is -0.874. The van der Waals surface area contributed by atoms with E-state index in [1.807, 2.05) is 44.2 Å². The van der Waals surface area contributed by atoms with Gasteiger partial charge in [-0.05, 0) is 38.2 Å². The molecule has 1 aromatic rings. The lowest BCUT2D eigenvalue weighted by Gasteiger charge is -2.27. The molecule has 2 N–H and O–H groups in total. The van der Waals surface area contributed by atoms with Crippen LogP contribution in [0.3, 0.4) is 0 Å². The lowest BCUT2D eigenvalue weighted by atomic mass is 9.84. The SMILES string of the molecule is CCCC[C@H](NC(=O)OCC1(CC)CCCC1)C(=O)C(=O)N[C@H](C)c1ccccc1. The molecule has 30 heavy (non-hydrogen) atoms. The summed E-state index contributed by atoms with van der Waals surface area (Å²) in [6.45, 7) is 6.32. The van der Waals surface area contributed by atoms with Gasteiger partial charge in [-0.1, -0.05) is 69.9 Å². The number of amides is 2. The summed E-state index contributed by atoms with van der Waals surface area (Å²) < 4.78 is 5.48. The number of benzene rings is 1. The van der Waals surface area contributed by atoms with Crippen LogP contribution in [0.1, 0.15) is 83.7 Å². The Labute approximate surface area is 180 Å². The van der Waals surface area contributed by atoms with Crippen molar-refractivity contribution >= 4 is 17.8 Å². The summed E-state index contributed by atoms with van der Waals surface area (Å²) in [5, 5.41) is 5.38. The van der Waals surface area contributed by atoms with E-state index in [0.717, 1.165) is 50.5 Å². The van der Waals surface area contributed by atoms with Crippen LogP contribution in [0, 0.1) is 5.41 Å². The zero-order valence-corrected chi connectivity index (χ0v) is 18.5. The van der Waals surface area contributed by atoms with Crippen LogP contribution in [-0.2, 0) is 14.3 Å². The van der Waals surface area contributed by atoms with Crippen molar-refractivity contribution in [3.8, 4) is 0 Å². The van der Waals surface area contributed by atoms with Gasteiger partial charge >= 0.3 is 6.09 Å². The van der Waals surface area contributed by atoms with Crippen molar-refractivity contribution in [2.24, 2.45) is 5.41 Å². The Morgan fingerprint density at radius 3 is 2.33 bits per heavy atom. The van der Waals surface area contributed by atoms with E-state index >= 15 is 0 Å². The average molecular weight is 417 g/mol. The Hall–Kier alpha value is -2.37. The molecule has 2 amide bonds. The van der Waals surface area contributed by atoms with Crippen LogP contribution < -0.4 is 10.6 Å². The number of nitrogens with one attached hydrogen (secondary N) is 2. The van der Waals surface area contributed by atoms with Crippen molar-refractivity contribution in [3.05, 3.63) is 35.9 Å². The summed E-state index contributed by atoms with van der Waals surface area (Å²) in [4.78, 5) is 37.7. The minimum Gasteiger partial charge on any atom is -0.449 e. The van der Waals surface area contributed by atoms with E-state index in [-0.39, 0.29) is 11.5 Å². The Balaban J connectivity index is 1.93. The van der Waals surface area contributed by atoms with Crippen molar-refractivity contribution < 1.29 is 19.1 Å². The van der Waals surface area contributed by atoms with Gasteiger partial charge in [0.1, 0.15) is 6.04 Å². The molecule has 1 aromatic carbocycles. The Morgan fingerprint density at radius 1 is 1.07 bits per heavy atom. The van der Waals surface area contributed by atoms with Gasteiger partial charge in [-0.2, -0.15) is 0 Å². The first-order valence-corrected chi connectivity index (χ1v) is 11.2. The van der Waals surface area contributed by atoms with Gasteiger partial charge in [0.25, 0.3) is 5.91 Å². The van der Waals surface area contributed by atoms with Crippen molar-refractivity contribution in [1.29, 1.82) is 0 Å². The van der Waals surface area contributed by atoms with Crippen LogP contribution >= 0.6 is 0 Å². The number of ketones is 1. The van der Waals surface area contributed by atoms with Gasteiger partial charge in [-0.25, -0.2) is 4.79 Å². The maximum atomic E-state index is 12.7. The molecule has 1 aliphatic rings. The van der Waals surface area contributed by atoms with Crippen LogP contribution in [0.4, 0.5) is 4.79 Å². The van der Waals surface area contributed by atoms with Crippen molar-refractivity contribution in [2.45, 2.75) is 84.2 Å². The largest absolute Gasteiger partial charge is 0.449 e. The van der Waals surface area contributed by atoms with E-state index in [4.69, 9.17) is 4.74 Å². The fourth-order valence-electron chi connectivity index (χ4n) is 4.06. The van der Waals surface area contributed by atoms with Gasteiger partial charge in [0, 0.05) is 5.41 Å². The molecule has 0 radical (unpaired) electrons. The maximum absolute atomic E-state index is 12.7. The number of unbranched alkanes of at least 4 members (excludes halogenated alkanes) is 1. The van der Waals surface area contributed by atoms with E-state index in [2.05, 4.69) is 17.6 Å². The van der Waals surface area contributed by atoms with E-state index in [9.17, 15) is 14.4 Å². The monoisotopic (exact) mass is 416 g/mol. The van der Waals surface area contributed by atoms with Gasteiger partial charge < -0.3 is 15.4 Å². The summed E-state index contributed by atoms with van der Waals surface area (Å²) in [6.07, 6.45) is 6.82. The molecule has 0 heterocycles. The first-order chi connectivity index (χ1) is 14.4. The number of rotatable bonds is 11. The van der Waals surface area contributed by atoms with Gasteiger partial charge in [0.2, 0.25) is 5.78 Å². The molecule has 2 atom stereocenters. The Bertz CT molecular complexity index is 698. The lowest BCUT2D eigenvalue weighted by Crippen LogP contribution is -2.48. The molecule has 1 fully saturated rings. The van der Waals surface area contributed by atoms with Gasteiger partial charge in [-0.3, -0.25) is 9.59 Å². The number of ether oxygens (including phenoxy) is 1. The number of hydrogen-bond acceptors (Lipinski definition) is 4. The predicted molar refractivity (Wildman–Crippen MR) is 117 cm³/mol. The Morgan fingerprint density at radius 2 is 1.73 bits per heavy atom. The summed E-state index contributed by atoms with van der Waals surface area (Å²) in [7, 11) is 0. The highest BCUT2D eigenvalue weighted by Gasteiger charge is 2.34. The first kappa shape index (κ1) is 23.9. The zero-order valence-electron chi connectivity index (χ0n) is 18.5. The van der Waals surface area contributed by atoms with Crippen molar-refractivity contribution in [1.82, 2.24) is 10.6 Å². The highest BCUT2D eigenvalue weighted by molar-refractivity contribution is 6.38. The van der Waals surface area contributed by atoms with Crippen LogP contribution in [-0.4, -0.2) is 30.4 Å². The third kappa shape index (κ3) is 6.85. The molecule has 0 saturated heterocycles. The smallest absolute Gasteiger partial charge is 0.407 e. The standard InChI is InChI=1S/C24H36N2O4/c1-4-6-14-20(26-23(29)30-17-24(5-2)15-10-11-16-24)21(27)22(28)25-18(3)19-12-8-7-9-13-19/h7-9,12-13,18,20H,4-6,10-11,14-17H2,1-3H3,(H,25,28)(H,26,29)/t18-,20+/m1/s1. The fourth-order valence-corrected chi connectivity index (χ4v) is 4.06. The van der Waals surface area contributed by atoms with Gasteiger partial charge in [0.05, 0.1) is 12.6 Å². The second-order valence-corrected chi connectivity index (χ2v) is 8.45. The van der Waals surface area contributed by atoms with E-state index < -0.39 is 23.8 Å². The van der Waals surface area contributed by atoms with Crippen molar-refractivity contribution in [2.75, 3.05) is 6.61 Å².